The maximum Gasteiger partial charge on any atom is 0.737 e. The third-order valence-electron chi connectivity index (χ3n) is 11.4. The van der Waals surface area contributed by atoms with Crippen LogP contribution in [-0.2, 0) is 11.2 Å². The van der Waals surface area contributed by atoms with Crippen molar-refractivity contribution < 1.29 is 22.6 Å². The summed E-state index contributed by atoms with van der Waals surface area (Å²) in [7, 11) is 0. The average Bonchev–Trinajstić information content (AvgIpc) is 3.58. The van der Waals surface area contributed by atoms with E-state index in [1.165, 1.54) is 57.6 Å². The number of carbonyl (C=O) groups excluding carboxylic acids is 1. The van der Waals surface area contributed by atoms with Crippen molar-refractivity contribution in [2.75, 3.05) is 0 Å². The highest BCUT2D eigenvalue weighted by molar-refractivity contribution is 6.58. The number of benzene rings is 6. The van der Waals surface area contributed by atoms with Crippen LogP contribution in [0.15, 0.2) is 102 Å². The van der Waals surface area contributed by atoms with Crippen LogP contribution in [0.5, 0.6) is 5.75 Å². The summed E-state index contributed by atoms with van der Waals surface area (Å²) >= 11 is 0. The first-order valence-corrected chi connectivity index (χ1v) is 18.1. The van der Waals surface area contributed by atoms with Crippen molar-refractivity contribution >= 4 is 67.3 Å². The Hall–Kier alpha value is -5.56. The van der Waals surface area contributed by atoms with Gasteiger partial charge in [-0.3, -0.25) is 4.79 Å². The average molecular weight is 689 g/mol. The third-order valence-corrected chi connectivity index (χ3v) is 11.4. The summed E-state index contributed by atoms with van der Waals surface area (Å²) in [6, 6.07) is 29.6. The molecule has 258 valence electrons. The fourth-order valence-electron chi connectivity index (χ4n) is 9.44. The first-order chi connectivity index (χ1) is 25.0. The SMILES string of the molecule is CC1=CC(C)=[N+]2C1=C(c1c(C)cc(OC(=O)CCCc3ccc4c5cccc6cccc(c7cccc3c74)c65)cc1C)c1c(C)cc(C)n1[B-]2(F)F. The predicted molar refractivity (Wildman–Crippen MR) is 210 cm³/mol. The number of hydrogen-bond donors (Lipinski definition) is 0. The molecule has 0 saturated heterocycles. The number of esters is 1. The molecule has 0 bridgehead atoms. The maximum absolute atomic E-state index is 16.2. The summed E-state index contributed by atoms with van der Waals surface area (Å²) in [6.07, 6.45) is 3.52. The zero-order valence-corrected chi connectivity index (χ0v) is 30.3. The summed E-state index contributed by atoms with van der Waals surface area (Å²) in [4.78, 5) is 13.3. The molecule has 9 rings (SSSR count). The molecule has 1 aromatic heterocycles. The van der Waals surface area contributed by atoms with Gasteiger partial charge in [-0.15, -0.1) is 0 Å². The van der Waals surface area contributed by atoms with Crippen LogP contribution in [0, 0.1) is 27.7 Å². The van der Waals surface area contributed by atoms with E-state index in [4.69, 9.17) is 4.74 Å². The monoisotopic (exact) mass is 688 g/mol. The lowest BCUT2D eigenvalue weighted by molar-refractivity contribution is -0.363. The highest BCUT2D eigenvalue weighted by atomic mass is 19.2. The lowest BCUT2D eigenvalue weighted by atomic mass is 9.81. The van der Waals surface area contributed by atoms with Crippen molar-refractivity contribution in [3.63, 3.8) is 0 Å². The van der Waals surface area contributed by atoms with Gasteiger partial charge in [0.2, 0.25) is 0 Å². The molecule has 0 unspecified atom stereocenters. The zero-order valence-electron chi connectivity index (χ0n) is 30.3. The Bertz CT molecular complexity index is 2730. The Kier molecular flexibility index (Phi) is 7.14. The highest BCUT2D eigenvalue weighted by Gasteiger charge is 2.55. The van der Waals surface area contributed by atoms with Gasteiger partial charge in [-0.05, 0) is 142 Å². The Balaban J connectivity index is 0.991. The van der Waals surface area contributed by atoms with Crippen LogP contribution < -0.4 is 4.74 Å². The number of fused-ring (bicyclic) bond motifs is 4. The van der Waals surface area contributed by atoms with E-state index in [0.717, 1.165) is 39.8 Å². The molecule has 0 spiro atoms. The first kappa shape index (κ1) is 32.4. The van der Waals surface area contributed by atoms with Crippen molar-refractivity contribution in [3.05, 3.63) is 141 Å². The fourth-order valence-corrected chi connectivity index (χ4v) is 9.44. The standard InChI is InChI=1S/C45H39BF2N2O2/c1-25-23-33(24-26(2)40(25)43-44-27(3)21-29(5)49(44)46(47,48)50-30(6)22-28(4)45(43)50)52-39(51)18-9-11-31-19-20-38-36-16-8-13-32-12-7-15-35(41(32)36)37-17-10-14-34(31)42(37)38/h7-8,10,12-17,19-24H,9,11,18H2,1-6H3. The van der Waals surface area contributed by atoms with E-state index in [-0.39, 0.29) is 12.4 Å². The predicted octanol–water partition coefficient (Wildman–Crippen LogP) is 11.1. The normalized spacial score (nSPS) is 15.3. The zero-order chi connectivity index (χ0) is 36.2. The number of halogens is 2. The molecule has 6 aromatic carbocycles. The Labute approximate surface area is 301 Å². The van der Waals surface area contributed by atoms with Gasteiger partial charge in [-0.1, -0.05) is 66.7 Å². The molecule has 0 N–H and O–H groups in total. The van der Waals surface area contributed by atoms with Crippen LogP contribution in [0.4, 0.5) is 8.63 Å². The Morgan fingerprint density at radius 1 is 0.750 bits per heavy atom. The minimum absolute atomic E-state index is 0.275. The molecule has 0 fully saturated rings. The minimum Gasteiger partial charge on any atom is -0.427 e. The number of aromatic nitrogens is 1. The summed E-state index contributed by atoms with van der Waals surface area (Å²) < 4.78 is 40.8. The molecule has 3 heterocycles. The first-order valence-electron chi connectivity index (χ1n) is 18.1. The van der Waals surface area contributed by atoms with E-state index < -0.39 is 6.97 Å². The molecule has 0 radical (unpaired) electrons. The van der Waals surface area contributed by atoms with Crippen LogP contribution in [0.1, 0.15) is 65.9 Å². The second-order valence-corrected chi connectivity index (χ2v) is 14.8. The molecule has 4 nitrogen and oxygen atoms in total. The molecular formula is C45H39BF2N2O2. The van der Waals surface area contributed by atoms with E-state index in [9.17, 15) is 4.79 Å². The van der Waals surface area contributed by atoms with E-state index in [2.05, 4.69) is 66.7 Å². The molecule has 2 aliphatic heterocycles. The molecular weight excluding hydrogens is 649 g/mol. The smallest absolute Gasteiger partial charge is 0.427 e. The molecule has 2 aliphatic rings. The minimum atomic E-state index is -4.06. The van der Waals surface area contributed by atoms with Crippen molar-refractivity contribution in [2.24, 2.45) is 0 Å². The van der Waals surface area contributed by atoms with Crippen LogP contribution >= 0.6 is 0 Å². The summed E-state index contributed by atoms with van der Waals surface area (Å²) in [6.45, 7) is 7.16. The molecule has 0 saturated carbocycles. The van der Waals surface area contributed by atoms with Crippen LogP contribution in [0.3, 0.4) is 0 Å². The molecule has 0 atom stereocenters. The van der Waals surface area contributed by atoms with Gasteiger partial charge in [0.05, 0.1) is 5.57 Å². The largest absolute Gasteiger partial charge is 0.737 e. The van der Waals surface area contributed by atoms with Crippen molar-refractivity contribution in [1.82, 2.24) is 4.48 Å². The fraction of sp³-hybridized carbons (Fsp3) is 0.200. The van der Waals surface area contributed by atoms with Gasteiger partial charge in [0.25, 0.3) is 0 Å². The number of rotatable bonds is 6. The van der Waals surface area contributed by atoms with Gasteiger partial charge in [-0.25, -0.2) is 0 Å². The second kappa shape index (κ2) is 11.5. The maximum atomic E-state index is 16.2. The van der Waals surface area contributed by atoms with Crippen LogP contribution in [0.2, 0.25) is 0 Å². The molecule has 7 aromatic rings. The number of aryl methyl sites for hydroxylation is 5. The van der Waals surface area contributed by atoms with Crippen molar-refractivity contribution in [3.8, 4) is 5.75 Å². The highest BCUT2D eigenvalue weighted by Crippen LogP contribution is 2.46. The lowest BCUT2D eigenvalue weighted by Crippen LogP contribution is -2.51. The number of nitrogens with zero attached hydrogens (tertiary/aromatic N) is 2. The number of hydrogen-bond acceptors (Lipinski definition) is 2. The van der Waals surface area contributed by atoms with E-state index >= 15 is 8.63 Å². The van der Waals surface area contributed by atoms with Gasteiger partial charge in [0.15, 0.2) is 5.70 Å². The number of allylic oxidation sites excluding steroid dienone is 2. The van der Waals surface area contributed by atoms with Gasteiger partial charge < -0.3 is 22.3 Å². The third kappa shape index (κ3) is 4.57. The summed E-state index contributed by atoms with van der Waals surface area (Å²) in [5, 5.41) is 10.1. The van der Waals surface area contributed by atoms with Crippen LogP contribution in [-0.4, -0.2) is 27.6 Å². The molecule has 0 amide bonds. The van der Waals surface area contributed by atoms with Gasteiger partial charge >= 0.3 is 12.9 Å². The van der Waals surface area contributed by atoms with Crippen molar-refractivity contribution in [2.45, 2.75) is 60.8 Å². The van der Waals surface area contributed by atoms with Crippen LogP contribution in [0.25, 0.3) is 48.7 Å². The van der Waals surface area contributed by atoms with Gasteiger partial charge in [0, 0.05) is 30.7 Å². The molecule has 7 heteroatoms. The Morgan fingerprint density at radius 2 is 1.37 bits per heavy atom. The quantitative estimate of drug-likeness (QED) is 0.0573. The Morgan fingerprint density at radius 3 is 2.06 bits per heavy atom. The van der Waals surface area contributed by atoms with E-state index in [1.807, 2.05) is 52.0 Å². The second-order valence-electron chi connectivity index (χ2n) is 14.8. The van der Waals surface area contributed by atoms with Gasteiger partial charge in [0.1, 0.15) is 11.5 Å². The molecule has 0 aliphatic carbocycles. The van der Waals surface area contributed by atoms with E-state index in [0.29, 0.717) is 35.0 Å². The topological polar surface area (TPSA) is 34.2 Å². The molecule has 52 heavy (non-hydrogen) atoms. The summed E-state index contributed by atoms with van der Waals surface area (Å²) in [5.41, 5.74) is 8.41. The number of ether oxygens (including phenoxy) is 1. The summed E-state index contributed by atoms with van der Waals surface area (Å²) in [5.74, 6) is 0.180. The number of carbonyl (C=O) groups is 1. The van der Waals surface area contributed by atoms with E-state index in [1.54, 1.807) is 13.8 Å². The lowest BCUT2D eigenvalue weighted by Gasteiger charge is -2.34. The van der Waals surface area contributed by atoms with Crippen molar-refractivity contribution in [1.29, 1.82) is 0 Å². The van der Waals surface area contributed by atoms with Gasteiger partial charge in [-0.2, -0.15) is 0 Å².